The minimum absolute atomic E-state index is 0.181. The molecule has 2 N–H and O–H groups in total. The molecule has 1 heterocycles. The number of nitrogens with zero attached hydrogens (tertiary/aromatic N) is 1. The fourth-order valence-corrected chi connectivity index (χ4v) is 2.67. The van der Waals surface area contributed by atoms with E-state index in [4.69, 9.17) is 4.74 Å². The summed E-state index contributed by atoms with van der Waals surface area (Å²) in [5.41, 5.74) is -0.897. The summed E-state index contributed by atoms with van der Waals surface area (Å²) in [6, 6.07) is 1.36. The van der Waals surface area contributed by atoms with Gasteiger partial charge in [-0.15, -0.1) is 0 Å². The molecule has 0 amide bonds. The van der Waals surface area contributed by atoms with Crippen molar-refractivity contribution in [3.8, 4) is 0 Å². The van der Waals surface area contributed by atoms with Gasteiger partial charge in [0.2, 0.25) is 0 Å². The highest BCUT2D eigenvalue weighted by atomic mass is 32.2. The Morgan fingerprint density at radius 1 is 1.63 bits per heavy atom. The van der Waals surface area contributed by atoms with Crippen LogP contribution in [0.25, 0.3) is 0 Å². The number of hydrogen-bond donors (Lipinski definition) is 2. The maximum absolute atomic E-state index is 11.8. The minimum atomic E-state index is -0.717. The standard InChI is InChI=1S/C12H19N3O3S/c1-4-14-12(2,10(17)18-3)6-8-19-11-13-7-5-9(16)15-11/h5,7,14H,4,6,8H2,1-3H3,(H,13,15,16). The monoisotopic (exact) mass is 285 g/mol. The zero-order valence-corrected chi connectivity index (χ0v) is 12.2. The van der Waals surface area contributed by atoms with Crippen LogP contribution in [-0.4, -0.2) is 40.9 Å². The van der Waals surface area contributed by atoms with Gasteiger partial charge in [-0.1, -0.05) is 18.7 Å². The third kappa shape index (κ3) is 4.68. The number of aromatic amines is 1. The number of carbonyl (C=O) groups is 1. The van der Waals surface area contributed by atoms with Gasteiger partial charge in [0.15, 0.2) is 5.16 Å². The van der Waals surface area contributed by atoms with Crippen LogP contribution < -0.4 is 10.9 Å². The van der Waals surface area contributed by atoms with E-state index in [2.05, 4.69) is 15.3 Å². The summed E-state index contributed by atoms with van der Waals surface area (Å²) < 4.78 is 4.81. The normalized spacial score (nSPS) is 13.8. The average Bonchev–Trinajstić information content (AvgIpc) is 2.38. The average molecular weight is 285 g/mol. The fourth-order valence-electron chi connectivity index (χ4n) is 1.66. The molecule has 19 heavy (non-hydrogen) atoms. The molecule has 106 valence electrons. The maximum atomic E-state index is 11.8. The maximum Gasteiger partial charge on any atom is 0.325 e. The Morgan fingerprint density at radius 3 is 2.95 bits per heavy atom. The Bertz CT molecular complexity index is 477. The number of ether oxygens (including phenoxy) is 1. The molecule has 0 radical (unpaired) electrons. The van der Waals surface area contributed by atoms with Crippen LogP contribution in [0.2, 0.25) is 0 Å². The number of rotatable bonds is 7. The summed E-state index contributed by atoms with van der Waals surface area (Å²) in [5.74, 6) is 0.357. The Hall–Kier alpha value is -1.34. The first kappa shape index (κ1) is 15.7. The minimum Gasteiger partial charge on any atom is -0.468 e. The Balaban J connectivity index is 2.58. The van der Waals surface area contributed by atoms with E-state index < -0.39 is 5.54 Å². The number of hydrogen-bond acceptors (Lipinski definition) is 6. The molecule has 1 aromatic rings. The Kier molecular flexibility index (Phi) is 6.04. The Morgan fingerprint density at radius 2 is 2.37 bits per heavy atom. The molecule has 1 atom stereocenters. The molecule has 0 bridgehead atoms. The van der Waals surface area contributed by atoms with Gasteiger partial charge in [0.25, 0.3) is 5.56 Å². The van der Waals surface area contributed by atoms with E-state index >= 15 is 0 Å². The van der Waals surface area contributed by atoms with Crippen molar-refractivity contribution >= 4 is 17.7 Å². The number of nitrogens with one attached hydrogen (secondary N) is 2. The third-order valence-corrected chi connectivity index (χ3v) is 3.58. The molecular weight excluding hydrogens is 266 g/mol. The van der Waals surface area contributed by atoms with Gasteiger partial charge < -0.3 is 15.0 Å². The first-order valence-corrected chi connectivity index (χ1v) is 7.02. The molecule has 6 nitrogen and oxygen atoms in total. The van der Waals surface area contributed by atoms with Gasteiger partial charge in [-0.2, -0.15) is 0 Å². The van der Waals surface area contributed by atoms with Crippen LogP contribution in [0.5, 0.6) is 0 Å². The summed E-state index contributed by atoms with van der Waals surface area (Å²) in [6.07, 6.45) is 2.04. The summed E-state index contributed by atoms with van der Waals surface area (Å²) in [4.78, 5) is 29.5. The van der Waals surface area contributed by atoms with Crippen LogP contribution in [0.1, 0.15) is 20.3 Å². The number of H-pyrrole nitrogens is 1. The molecule has 0 saturated heterocycles. The fraction of sp³-hybridized carbons (Fsp3) is 0.583. The van der Waals surface area contributed by atoms with E-state index in [0.29, 0.717) is 23.9 Å². The third-order valence-electron chi connectivity index (χ3n) is 2.69. The summed E-state index contributed by atoms with van der Waals surface area (Å²) in [7, 11) is 1.38. The van der Waals surface area contributed by atoms with Crippen molar-refractivity contribution < 1.29 is 9.53 Å². The SMILES string of the molecule is CCNC(C)(CCSc1nccc(=O)[nH]1)C(=O)OC. The predicted molar refractivity (Wildman–Crippen MR) is 74.3 cm³/mol. The van der Waals surface area contributed by atoms with Gasteiger partial charge in [0.05, 0.1) is 7.11 Å². The second kappa shape index (κ2) is 7.30. The van der Waals surface area contributed by atoms with Crippen molar-refractivity contribution in [2.45, 2.75) is 31.0 Å². The zero-order valence-electron chi connectivity index (χ0n) is 11.4. The van der Waals surface area contributed by atoms with Crippen molar-refractivity contribution in [1.82, 2.24) is 15.3 Å². The topological polar surface area (TPSA) is 84.1 Å². The van der Waals surface area contributed by atoms with Crippen LogP contribution in [0.15, 0.2) is 22.2 Å². The molecule has 1 unspecified atom stereocenters. The van der Waals surface area contributed by atoms with Crippen LogP contribution >= 0.6 is 11.8 Å². The second-order valence-corrected chi connectivity index (χ2v) is 5.28. The lowest BCUT2D eigenvalue weighted by Crippen LogP contribution is -2.50. The molecule has 0 aromatic carbocycles. The number of likely N-dealkylation sites (N-methyl/N-ethyl adjacent to an activating group) is 1. The lowest BCUT2D eigenvalue weighted by atomic mass is 9.99. The highest BCUT2D eigenvalue weighted by Crippen LogP contribution is 2.19. The molecule has 0 aliphatic carbocycles. The van der Waals surface area contributed by atoms with Crippen LogP contribution in [-0.2, 0) is 9.53 Å². The highest BCUT2D eigenvalue weighted by Gasteiger charge is 2.32. The molecule has 0 aliphatic rings. The number of aromatic nitrogens is 2. The van der Waals surface area contributed by atoms with Gasteiger partial charge in [-0.05, 0) is 19.9 Å². The molecule has 0 spiro atoms. The molecule has 7 heteroatoms. The molecular formula is C12H19N3O3S. The first-order valence-electron chi connectivity index (χ1n) is 6.03. The van der Waals surface area contributed by atoms with Crippen LogP contribution in [0.3, 0.4) is 0 Å². The van der Waals surface area contributed by atoms with Gasteiger partial charge in [0.1, 0.15) is 5.54 Å². The van der Waals surface area contributed by atoms with E-state index in [-0.39, 0.29) is 11.5 Å². The highest BCUT2D eigenvalue weighted by molar-refractivity contribution is 7.99. The van der Waals surface area contributed by atoms with Crippen LogP contribution in [0, 0.1) is 0 Å². The quantitative estimate of drug-likeness (QED) is 0.438. The summed E-state index contributed by atoms with van der Waals surface area (Å²) in [5, 5.41) is 3.68. The number of esters is 1. The molecule has 1 rings (SSSR count). The molecule has 1 aromatic heterocycles. The van der Waals surface area contributed by atoms with Crippen molar-refractivity contribution in [1.29, 1.82) is 0 Å². The van der Waals surface area contributed by atoms with Gasteiger partial charge in [-0.25, -0.2) is 4.98 Å². The van der Waals surface area contributed by atoms with Crippen molar-refractivity contribution in [3.05, 3.63) is 22.6 Å². The van der Waals surface area contributed by atoms with Gasteiger partial charge >= 0.3 is 5.97 Å². The number of methoxy groups -OCH3 is 1. The van der Waals surface area contributed by atoms with E-state index in [9.17, 15) is 9.59 Å². The lowest BCUT2D eigenvalue weighted by Gasteiger charge is -2.27. The Labute approximate surface area is 116 Å². The van der Waals surface area contributed by atoms with Crippen molar-refractivity contribution in [2.75, 3.05) is 19.4 Å². The summed E-state index contributed by atoms with van der Waals surface area (Å²) in [6.45, 7) is 4.42. The number of carbonyl (C=O) groups excluding carboxylic acids is 1. The smallest absolute Gasteiger partial charge is 0.325 e. The lowest BCUT2D eigenvalue weighted by molar-refractivity contribution is -0.147. The van der Waals surface area contributed by atoms with E-state index in [1.54, 1.807) is 0 Å². The molecule has 0 saturated carbocycles. The predicted octanol–water partition coefficient (Wildman–Crippen LogP) is 0.793. The van der Waals surface area contributed by atoms with E-state index in [0.717, 1.165) is 0 Å². The van der Waals surface area contributed by atoms with Gasteiger partial charge in [0, 0.05) is 18.0 Å². The van der Waals surface area contributed by atoms with E-state index in [1.807, 2.05) is 13.8 Å². The van der Waals surface area contributed by atoms with Crippen molar-refractivity contribution in [2.24, 2.45) is 0 Å². The molecule has 0 fully saturated rings. The largest absolute Gasteiger partial charge is 0.468 e. The van der Waals surface area contributed by atoms with Gasteiger partial charge in [-0.3, -0.25) is 9.59 Å². The van der Waals surface area contributed by atoms with E-state index in [1.165, 1.54) is 31.1 Å². The molecule has 0 aliphatic heterocycles. The van der Waals surface area contributed by atoms with Crippen LogP contribution in [0.4, 0.5) is 0 Å². The second-order valence-electron chi connectivity index (χ2n) is 4.19. The first-order chi connectivity index (χ1) is 9.01. The summed E-state index contributed by atoms with van der Waals surface area (Å²) >= 11 is 1.40. The number of thioether (sulfide) groups is 1. The zero-order chi connectivity index (χ0) is 14.3. The van der Waals surface area contributed by atoms with Crippen molar-refractivity contribution in [3.63, 3.8) is 0 Å².